The Labute approximate surface area is 43.0 Å². The zero-order chi connectivity index (χ0) is 4.12. The lowest BCUT2D eigenvalue weighted by molar-refractivity contribution is 2.37. The minimum atomic E-state index is 0.649. The van der Waals surface area contributed by atoms with Gasteiger partial charge in [0.05, 0.1) is 0 Å². The van der Waals surface area contributed by atoms with Crippen molar-refractivity contribution >= 4 is 35.9 Å². The summed E-state index contributed by atoms with van der Waals surface area (Å²) in [6.45, 7) is 2.47. The third-order valence-electron chi connectivity index (χ3n) is 0.707. The summed E-state index contributed by atoms with van der Waals surface area (Å²) in [6, 6.07) is 0. The van der Waals surface area contributed by atoms with Gasteiger partial charge in [0.1, 0.15) is 0 Å². The highest BCUT2D eigenvalue weighted by Crippen LogP contribution is 1.43. The Hall–Kier alpha value is 0.868. The highest BCUT2D eigenvalue weighted by Gasteiger charge is 1.72. The fourth-order valence-electron chi connectivity index (χ4n) is 0.354. The molecule has 0 saturated carbocycles. The average molecular weight is 136 g/mol. The van der Waals surface area contributed by atoms with Crippen molar-refractivity contribution in [2.24, 2.45) is 0 Å². The largest absolute Gasteiger partial charge is 0.0773 e. The van der Waals surface area contributed by atoms with Crippen molar-refractivity contribution in [1.82, 2.24) is 0 Å². The number of rotatable bonds is 2. The van der Waals surface area contributed by atoms with Crippen molar-refractivity contribution in [2.45, 2.75) is 6.55 Å². The highest BCUT2D eigenvalue weighted by atomic mass is 29.7. The Morgan fingerprint density at radius 1 is 1.60 bits per heavy atom. The first-order valence-electron chi connectivity index (χ1n) is 2.41. The van der Waals surface area contributed by atoms with Gasteiger partial charge in [-0.2, -0.15) is 0 Å². The molecule has 0 heterocycles. The molecule has 0 atom stereocenters. The fraction of sp³-hybridized carbons (Fsp3) is 1.00. The molecule has 0 aliphatic heterocycles. The van der Waals surface area contributed by atoms with Crippen LogP contribution < -0.4 is 0 Å². The maximum atomic E-state index is 2.47. The summed E-state index contributed by atoms with van der Waals surface area (Å²) < 4.78 is 0. The fourth-order valence-corrected chi connectivity index (χ4v) is 28.6. The van der Waals surface area contributed by atoms with E-state index in [0.717, 1.165) is 17.1 Å². The van der Waals surface area contributed by atoms with Gasteiger partial charge >= 0.3 is 0 Å². The summed E-state index contributed by atoms with van der Waals surface area (Å²) in [7, 11) is 3.81. The lowest BCUT2D eigenvalue weighted by atomic mass is 11.9. The third kappa shape index (κ3) is 4.87. The molecule has 0 amide bonds. The molecule has 0 bridgehead atoms. The van der Waals surface area contributed by atoms with E-state index in [4.69, 9.17) is 0 Å². The normalized spacial score (nSPS) is 16.2. The quantitative estimate of drug-likeness (QED) is 0.348. The minimum absolute atomic E-state index is 0.649. The molecule has 0 rings (SSSR count). The van der Waals surface area contributed by atoms with E-state index >= 15 is 0 Å². The number of hydrogen-bond acceptors (Lipinski definition) is 0. The Morgan fingerprint density at radius 3 is 2.20 bits per heavy atom. The van der Waals surface area contributed by atoms with Crippen molar-refractivity contribution < 1.29 is 0 Å². The average Bonchev–Trinajstić information content (AvgIpc) is 1.41. The van der Waals surface area contributed by atoms with Gasteiger partial charge in [0.15, 0.2) is 0 Å². The summed E-state index contributed by atoms with van der Waals surface area (Å²) in [5, 5.41) is 0. The molecule has 0 aliphatic rings. The van der Waals surface area contributed by atoms with Gasteiger partial charge in [0, 0.05) is 9.04 Å². The van der Waals surface area contributed by atoms with Crippen LogP contribution in [0.2, 0.25) is 6.55 Å². The Kier molecular flexibility index (Phi) is 5.71. The summed E-state index contributed by atoms with van der Waals surface area (Å²) in [6.07, 6.45) is 0. The molecule has 0 aliphatic carbocycles. The molecule has 5 heavy (non-hydrogen) atoms. The van der Waals surface area contributed by atoms with Gasteiger partial charge in [0.25, 0.3) is 0 Å². The molecule has 0 saturated heterocycles. The van der Waals surface area contributed by atoms with Crippen LogP contribution in [0.3, 0.4) is 0 Å². The van der Waals surface area contributed by atoms with Crippen LogP contribution >= 0.6 is 0 Å². The van der Waals surface area contributed by atoms with E-state index in [1.165, 1.54) is 0 Å². The summed E-state index contributed by atoms with van der Waals surface area (Å²) >= 11 is 0. The van der Waals surface area contributed by atoms with Crippen LogP contribution in [0.15, 0.2) is 0 Å². The lowest BCUT2D eigenvalue weighted by Gasteiger charge is -1.74. The molecule has 0 aromatic carbocycles. The van der Waals surface area contributed by atoms with Crippen molar-refractivity contribution in [3.8, 4) is 0 Å². The zero-order valence-electron chi connectivity index (χ0n) is 4.12. The second-order valence-corrected chi connectivity index (χ2v) is 27.5. The van der Waals surface area contributed by atoms with Crippen LogP contribution in [-0.2, 0) is 0 Å². The van der Waals surface area contributed by atoms with Crippen molar-refractivity contribution in [3.05, 3.63) is 0 Å². The molecule has 4 heteroatoms. The molecule has 0 radical (unpaired) electrons. The molecule has 32 valence electrons. The molecular weight excluding hydrogens is 124 g/mol. The Morgan fingerprint density at radius 2 is 2.20 bits per heavy atom. The Bertz CT molecular complexity index is 11.1. The van der Waals surface area contributed by atoms with Gasteiger partial charge < -0.3 is 0 Å². The molecule has 0 N–H and O–H groups in total. The first-order valence-corrected chi connectivity index (χ1v) is 17.5. The van der Waals surface area contributed by atoms with Crippen molar-refractivity contribution in [3.63, 3.8) is 0 Å². The molecule has 0 fully saturated rings. The first kappa shape index (κ1) is 5.87. The van der Waals surface area contributed by atoms with Gasteiger partial charge in [-0.25, -0.2) is 0 Å². The maximum Gasteiger partial charge on any atom is 0.00140 e. The van der Waals surface area contributed by atoms with Gasteiger partial charge in [-0.05, 0) is 26.9 Å². The van der Waals surface area contributed by atoms with Crippen molar-refractivity contribution in [1.29, 1.82) is 0 Å². The van der Waals surface area contributed by atoms with Crippen molar-refractivity contribution in [2.75, 3.05) is 0 Å². The lowest BCUT2D eigenvalue weighted by Crippen LogP contribution is -2.08. The van der Waals surface area contributed by atoms with E-state index in [0.29, 0.717) is 9.04 Å². The monoisotopic (exact) mass is 136 g/mol. The predicted molar refractivity (Wildman–Crippen MR) is 41.4 cm³/mol. The maximum absolute atomic E-state index is 2.47. The smallest absolute Gasteiger partial charge is 0.00140 e. The molecule has 0 nitrogen and oxygen atoms in total. The topological polar surface area (TPSA) is 0 Å². The third-order valence-corrected chi connectivity index (χ3v) is 38.2. The predicted octanol–water partition coefficient (Wildman–Crippen LogP) is -3.35. The molecular formula is CH12Si4. The van der Waals surface area contributed by atoms with Crippen LogP contribution in [0.1, 0.15) is 0 Å². The Balaban J connectivity index is 2.19. The minimum Gasteiger partial charge on any atom is -0.0773 e. The van der Waals surface area contributed by atoms with Crippen LogP contribution in [0.25, 0.3) is 0 Å². The molecule has 0 aromatic heterocycles. The van der Waals surface area contributed by atoms with E-state index in [2.05, 4.69) is 6.55 Å². The van der Waals surface area contributed by atoms with Crippen LogP contribution in [0.4, 0.5) is 0 Å². The second kappa shape index (κ2) is 4.87. The summed E-state index contributed by atoms with van der Waals surface area (Å²) in [5.41, 5.74) is 0. The standard InChI is InChI=1S/CH12Si4/c1-3-5-4-2/h3-5H2,1-2H3. The van der Waals surface area contributed by atoms with Gasteiger partial charge in [-0.3, -0.25) is 0 Å². The van der Waals surface area contributed by atoms with Crippen LogP contribution in [0, 0.1) is 0 Å². The summed E-state index contributed by atoms with van der Waals surface area (Å²) in [5.74, 6) is 0. The van der Waals surface area contributed by atoms with Crippen LogP contribution in [-0.4, -0.2) is 35.9 Å². The number of hydrogen-bond donors (Lipinski definition) is 0. The van der Waals surface area contributed by atoms with Gasteiger partial charge in [0.2, 0.25) is 0 Å². The second-order valence-electron chi connectivity index (χ2n) is 1.35. The molecule has 0 unspecified atom stereocenters. The van der Waals surface area contributed by atoms with E-state index in [1.54, 1.807) is 9.76 Å². The molecule has 0 spiro atoms. The van der Waals surface area contributed by atoms with E-state index < -0.39 is 0 Å². The summed E-state index contributed by atoms with van der Waals surface area (Å²) in [4.78, 5) is 0. The van der Waals surface area contributed by atoms with Gasteiger partial charge in [-0.15, -0.1) is 0 Å². The van der Waals surface area contributed by atoms with E-state index in [-0.39, 0.29) is 0 Å². The van der Waals surface area contributed by atoms with E-state index in [9.17, 15) is 0 Å². The first-order chi connectivity index (χ1) is 2.41. The molecule has 0 aromatic rings. The SMILES string of the molecule is C[SiH2][SiH2][SiH2][SiH3]. The van der Waals surface area contributed by atoms with E-state index in [1.807, 2.05) is 0 Å². The highest BCUT2D eigenvalue weighted by molar-refractivity contribution is 7.41. The van der Waals surface area contributed by atoms with Gasteiger partial charge in [-0.1, -0.05) is 6.55 Å². The van der Waals surface area contributed by atoms with Crippen LogP contribution in [0.5, 0.6) is 0 Å². The zero-order valence-corrected chi connectivity index (χ0v) is 10.4.